The second-order valence-electron chi connectivity index (χ2n) is 5.45. The first-order valence-corrected chi connectivity index (χ1v) is 7.08. The number of aliphatic hydroxyl groups excluding tert-OH is 1. The molecule has 0 spiro atoms. The summed E-state index contributed by atoms with van der Waals surface area (Å²) < 4.78 is 4.77. The van der Waals surface area contributed by atoms with Crippen LogP contribution in [0.3, 0.4) is 0 Å². The van der Waals surface area contributed by atoms with Gasteiger partial charge < -0.3 is 25.4 Å². The van der Waals surface area contributed by atoms with Gasteiger partial charge in [0, 0.05) is 32.8 Å². The van der Waals surface area contributed by atoms with Gasteiger partial charge in [-0.3, -0.25) is 9.59 Å². The molecule has 3 N–H and O–H groups in total. The molecule has 0 aliphatic carbocycles. The maximum atomic E-state index is 12.2. The third-order valence-electron chi connectivity index (χ3n) is 3.85. The Morgan fingerprint density at radius 2 is 2.10 bits per heavy atom. The zero-order valence-corrected chi connectivity index (χ0v) is 11.8. The molecule has 7 heteroatoms. The molecule has 2 amide bonds. The van der Waals surface area contributed by atoms with E-state index in [-0.39, 0.29) is 30.5 Å². The second-order valence-corrected chi connectivity index (χ2v) is 5.45. The van der Waals surface area contributed by atoms with Crippen molar-refractivity contribution >= 4 is 11.8 Å². The highest BCUT2D eigenvalue weighted by Crippen LogP contribution is 2.15. The largest absolute Gasteiger partial charge is 0.392 e. The molecule has 7 nitrogen and oxygen atoms in total. The van der Waals surface area contributed by atoms with Crippen LogP contribution >= 0.6 is 0 Å². The Bertz CT molecular complexity index is 356. The molecule has 2 aliphatic heterocycles. The number of carbonyl (C=O) groups is 2. The third kappa shape index (κ3) is 3.91. The number of hydrogen-bond acceptors (Lipinski definition) is 5. The molecule has 0 aromatic heterocycles. The minimum atomic E-state index is -0.421. The monoisotopic (exact) mass is 285 g/mol. The number of likely N-dealkylation sites (tertiary alicyclic amines) is 1. The molecule has 2 aliphatic rings. The van der Waals surface area contributed by atoms with E-state index in [0.717, 1.165) is 12.8 Å². The Balaban J connectivity index is 1.73. The molecule has 2 atom stereocenters. The molecule has 0 aromatic carbocycles. The number of carbonyl (C=O) groups excluding carboxylic acids is 2. The first kappa shape index (κ1) is 15.2. The summed E-state index contributed by atoms with van der Waals surface area (Å²) in [6.45, 7) is 1.85. The summed E-state index contributed by atoms with van der Waals surface area (Å²) in [6.07, 6.45) is 1.59. The fourth-order valence-corrected chi connectivity index (χ4v) is 2.77. The number of nitrogens with zero attached hydrogens (tertiary/aromatic N) is 1. The van der Waals surface area contributed by atoms with Crippen LogP contribution in [-0.4, -0.2) is 73.4 Å². The fraction of sp³-hybridized carbons (Fsp3) is 0.846. The number of nitrogens with one attached hydrogen (secondary N) is 2. The van der Waals surface area contributed by atoms with E-state index in [1.165, 1.54) is 7.11 Å². The van der Waals surface area contributed by atoms with Crippen LogP contribution < -0.4 is 10.6 Å². The molecule has 2 heterocycles. The lowest BCUT2D eigenvalue weighted by molar-refractivity contribution is -0.134. The van der Waals surface area contributed by atoms with E-state index >= 15 is 0 Å². The van der Waals surface area contributed by atoms with Crippen LogP contribution in [0, 0.1) is 0 Å². The van der Waals surface area contributed by atoms with E-state index in [2.05, 4.69) is 10.6 Å². The molecule has 0 aromatic rings. The maximum absolute atomic E-state index is 12.2. The number of β-amino-alcohol motifs (C(OH)–C–C–N with tert-alkyl or cyclic N) is 1. The summed E-state index contributed by atoms with van der Waals surface area (Å²) in [5, 5.41) is 15.4. The SMILES string of the molecule is COCC(=O)NC1CCN(C(=O)C2CC(O)CN2)CC1. The van der Waals surface area contributed by atoms with Crippen LogP contribution in [0.1, 0.15) is 19.3 Å². The Morgan fingerprint density at radius 1 is 1.40 bits per heavy atom. The van der Waals surface area contributed by atoms with E-state index in [1.807, 2.05) is 4.90 Å². The van der Waals surface area contributed by atoms with Crippen LogP contribution in [0.2, 0.25) is 0 Å². The van der Waals surface area contributed by atoms with E-state index < -0.39 is 6.10 Å². The molecule has 0 saturated carbocycles. The molecule has 114 valence electrons. The summed E-state index contributed by atoms with van der Waals surface area (Å²) in [5.74, 6) is -0.0546. The Kier molecular flexibility index (Phi) is 5.33. The van der Waals surface area contributed by atoms with Gasteiger partial charge in [0.15, 0.2) is 0 Å². The highest BCUT2D eigenvalue weighted by Gasteiger charge is 2.33. The number of amides is 2. The topological polar surface area (TPSA) is 90.9 Å². The van der Waals surface area contributed by atoms with Gasteiger partial charge in [0.1, 0.15) is 6.61 Å². The van der Waals surface area contributed by atoms with Crippen molar-refractivity contribution in [2.24, 2.45) is 0 Å². The zero-order valence-electron chi connectivity index (χ0n) is 11.8. The van der Waals surface area contributed by atoms with Crippen LogP contribution in [0.25, 0.3) is 0 Å². The number of hydrogen-bond donors (Lipinski definition) is 3. The van der Waals surface area contributed by atoms with E-state index in [1.54, 1.807) is 0 Å². The predicted octanol–water partition coefficient (Wildman–Crippen LogP) is -1.54. The van der Waals surface area contributed by atoms with Gasteiger partial charge in [-0.25, -0.2) is 0 Å². The molecule has 20 heavy (non-hydrogen) atoms. The van der Waals surface area contributed by atoms with E-state index in [0.29, 0.717) is 26.1 Å². The van der Waals surface area contributed by atoms with Crippen LogP contribution in [-0.2, 0) is 14.3 Å². The Hall–Kier alpha value is -1.18. The normalized spacial score (nSPS) is 27.6. The standard InChI is InChI=1S/C13H23N3O4/c1-20-8-12(18)15-9-2-4-16(5-3-9)13(19)11-6-10(17)7-14-11/h9-11,14,17H,2-8H2,1H3,(H,15,18). The Morgan fingerprint density at radius 3 is 2.65 bits per heavy atom. The third-order valence-corrected chi connectivity index (χ3v) is 3.85. The van der Waals surface area contributed by atoms with Crippen molar-refractivity contribution in [2.45, 2.75) is 37.5 Å². The molecule has 2 rings (SSSR count). The van der Waals surface area contributed by atoms with Crippen molar-refractivity contribution in [1.82, 2.24) is 15.5 Å². The van der Waals surface area contributed by atoms with E-state index in [9.17, 15) is 14.7 Å². The quantitative estimate of drug-likeness (QED) is 0.582. The van der Waals surface area contributed by atoms with Gasteiger partial charge in [-0.15, -0.1) is 0 Å². The molecular weight excluding hydrogens is 262 g/mol. The van der Waals surface area contributed by atoms with Crippen molar-refractivity contribution in [2.75, 3.05) is 33.4 Å². The van der Waals surface area contributed by atoms with Gasteiger partial charge >= 0.3 is 0 Å². The first-order valence-electron chi connectivity index (χ1n) is 7.08. The van der Waals surface area contributed by atoms with Crippen molar-refractivity contribution < 1.29 is 19.4 Å². The number of aliphatic hydroxyl groups is 1. The number of piperidine rings is 1. The molecule has 0 bridgehead atoms. The fourth-order valence-electron chi connectivity index (χ4n) is 2.77. The minimum absolute atomic E-state index is 0.0585. The van der Waals surface area contributed by atoms with Crippen LogP contribution in [0.4, 0.5) is 0 Å². The van der Waals surface area contributed by atoms with Gasteiger partial charge in [0.25, 0.3) is 0 Å². The van der Waals surface area contributed by atoms with Crippen LogP contribution in [0.15, 0.2) is 0 Å². The molecule has 2 saturated heterocycles. The number of methoxy groups -OCH3 is 1. The van der Waals surface area contributed by atoms with Gasteiger partial charge in [0.05, 0.1) is 12.1 Å². The average molecular weight is 285 g/mol. The van der Waals surface area contributed by atoms with Gasteiger partial charge in [-0.1, -0.05) is 0 Å². The summed E-state index contributed by atoms with van der Waals surface area (Å²) in [7, 11) is 1.49. The second kappa shape index (κ2) is 7.01. The predicted molar refractivity (Wildman–Crippen MR) is 72.0 cm³/mol. The molecule has 0 radical (unpaired) electrons. The molecular formula is C13H23N3O4. The average Bonchev–Trinajstić information content (AvgIpc) is 2.86. The summed E-state index contributed by atoms with van der Waals surface area (Å²) in [4.78, 5) is 25.5. The van der Waals surface area contributed by atoms with Gasteiger partial charge in [0.2, 0.25) is 11.8 Å². The maximum Gasteiger partial charge on any atom is 0.246 e. The van der Waals surface area contributed by atoms with E-state index in [4.69, 9.17) is 4.74 Å². The lowest BCUT2D eigenvalue weighted by Gasteiger charge is -2.33. The first-order chi connectivity index (χ1) is 9.60. The Labute approximate surface area is 118 Å². The summed E-state index contributed by atoms with van der Waals surface area (Å²) in [5.41, 5.74) is 0. The van der Waals surface area contributed by atoms with Crippen molar-refractivity contribution in [3.05, 3.63) is 0 Å². The lowest BCUT2D eigenvalue weighted by atomic mass is 10.0. The lowest BCUT2D eigenvalue weighted by Crippen LogP contribution is -2.51. The van der Waals surface area contributed by atoms with Crippen molar-refractivity contribution in [3.8, 4) is 0 Å². The molecule has 2 unspecified atom stereocenters. The van der Waals surface area contributed by atoms with Gasteiger partial charge in [-0.2, -0.15) is 0 Å². The summed E-state index contributed by atoms with van der Waals surface area (Å²) >= 11 is 0. The van der Waals surface area contributed by atoms with Crippen molar-refractivity contribution in [3.63, 3.8) is 0 Å². The highest BCUT2D eigenvalue weighted by molar-refractivity contribution is 5.82. The highest BCUT2D eigenvalue weighted by atomic mass is 16.5. The van der Waals surface area contributed by atoms with Crippen LogP contribution in [0.5, 0.6) is 0 Å². The number of rotatable bonds is 4. The minimum Gasteiger partial charge on any atom is -0.392 e. The smallest absolute Gasteiger partial charge is 0.246 e. The number of ether oxygens (including phenoxy) is 1. The summed E-state index contributed by atoms with van der Waals surface area (Å²) in [6, 6.07) is -0.145. The molecule has 2 fully saturated rings. The zero-order chi connectivity index (χ0) is 14.5. The van der Waals surface area contributed by atoms with Crippen molar-refractivity contribution in [1.29, 1.82) is 0 Å². The van der Waals surface area contributed by atoms with Gasteiger partial charge in [-0.05, 0) is 19.3 Å².